The summed E-state index contributed by atoms with van der Waals surface area (Å²) in [6, 6.07) is 11.0. The highest BCUT2D eigenvalue weighted by Crippen LogP contribution is 2.38. The third kappa shape index (κ3) is 4.45. The van der Waals surface area contributed by atoms with E-state index >= 15 is 0 Å². The van der Waals surface area contributed by atoms with Gasteiger partial charge in [-0.05, 0) is 49.2 Å². The van der Waals surface area contributed by atoms with Crippen molar-refractivity contribution >= 4 is 23.2 Å². The zero-order valence-electron chi connectivity index (χ0n) is 17.2. The number of ether oxygens (including phenoxy) is 3. The van der Waals surface area contributed by atoms with Gasteiger partial charge in [0.1, 0.15) is 0 Å². The zero-order valence-corrected chi connectivity index (χ0v) is 17.2. The molecule has 0 spiro atoms. The van der Waals surface area contributed by atoms with E-state index in [0.717, 1.165) is 17.7 Å². The summed E-state index contributed by atoms with van der Waals surface area (Å²) in [5.74, 6) is 1.41. The summed E-state index contributed by atoms with van der Waals surface area (Å²) < 4.78 is 16.0. The van der Waals surface area contributed by atoms with Crippen LogP contribution in [0, 0.1) is 0 Å². The SMILES string of the molecule is COc1cc(CC(=O)Nc2cccc(N3C(=O)CCC3C)c2)cc(OC)c1OC. The number of hydrogen-bond acceptors (Lipinski definition) is 5. The minimum Gasteiger partial charge on any atom is -0.493 e. The first-order chi connectivity index (χ1) is 14.0. The van der Waals surface area contributed by atoms with Gasteiger partial charge >= 0.3 is 0 Å². The number of hydrogen-bond donors (Lipinski definition) is 1. The molecule has 2 amide bonds. The van der Waals surface area contributed by atoms with Gasteiger partial charge in [0.2, 0.25) is 17.6 Å². The third-order valence-electron chi connectivity index (χ3n) is 4.98. The van der Waals surface area contributed by atoms with Crippen molar-refractivity contribution < 1.29 is 23.8 Å². The van der Waals surface area contributed by atoms with Gasteiger partial charge in [-0.25, -0.2) is 0 Å². The number of anilines is 2. The van der Waals surface area contributed by atoms with Crippen LogP contribution in [-0.4, -0.2) is 39.2 Å². The van der Waals surface area contributed by atoms with E-state index in [9.17, 15) is 9.59 Å². The highest BCUT2D eigenvalue weighted by atomic mass is 16.5. The molecule has 7 nitrogen and oxygen atoms in total. The van der Waals surface area contributed by atoms with E-state index in [2.05, 4.69) is 5.32 Å². The second-order valence-corrected chi connectivity index (χ2v) is 6.96. The van der Waals surface area contributed by atoms with Crippen LogP contribution in [-0.2, 0) is 16.0 Å². The summed E-state index contributed by atoms with van der Waals surface area (Å²) in [5.41, 5.74) is 2.17. The number of nitrogens with zero attached hydrogens (tertiary/aromatic N) is 1. The van der Waals surface area contributed by atoms with E-state index < -0.39 is 0 Å². The van der Waals surface area contributed by atoms with Crippen molar-refractivity contribution in [3.8, 4) is 17.2 Å². The molecule has 1 fully saturated rings. The molecular weight excluding hydrogens is 372 g/mol. The molecule has 2 aromatic carbocycles. The normalized spacial score (nSPS) is 15.9. The maximum absolute atomic E-state index is 12.6. The van der Waals surface area contributed by atoms with Crippen LogP contribution in [0.2, 0.25) is 0 Å². The molecule has 0 aromatic heterocycles. The van der Waals surface area contributed by atoms with Gasteiger partial charge in [0.25, 0.3) is 0 Å². The quantitative estimate of drug-likeness (QED) is 0.773. The van der Waals surface area contributed by atoms with Crippen LogP contribution in [0.25, 0.3) is 0 Å². The molecule has 1 aliphatic rings. The topological polar surface area (TPSA) is 77.1 Å². The number of carbonyl (C=O) groups excluding carboxylic acids is 2. The molecule has 0 saturated carbocycles. The molecule has 1 N–H and O–H groups in total. The highest BCUT2D eigenvalue weighted by Gasteiger charge is 2.28. The molecule has 1 aliphatic heterocycles. The number of methoxy groups -OCH3 is 3. The number of amides is 2. The second kappa shape index (κ2) is 8.86. The zero-order chi connectivity index (χ0) is 21.0. The van der Waals surface area contributed by atoms with Gasteiger partial charge in [-0.15, -0.1) is 0 Å². The predicted molar refractivity (Wildman–Crippen MR) is 111 cm³/mol. The van der Waals surface area contributed by atoms with E-state index in [1.807, 2.05) is 31.2 Å². The first kappa shape index (κ1) is 20.5. The summed E-state index contributed by atoms with van der Waals surface area (Å²) >= 11 is 0. The first-order valence-corrected chi connectivity index (χ1v) is 9.47. The molecule has 0 bridgehead atoms. The third-order valence-corrected chi connectivity index (χ3v) is 4.98. The molecule has 7 heteroatoms. The van der Waals surface area contributed by atoms with Crippen LogP contribution >= 0.6 is 0 Å². The lowest BCUT2D eigenvalue weighted by Crippen LogP contribution is -2.30. The average Bonchev–Trinajstić information content (AvgIpc) is 3.05. The van der Waals surface area contributed by atoms with Gasteiger partial charge in [0, 0.05) is 23.8 Å². The molecule has 1 unspecified atom stereocenters. The molecule has 1 atom stereocenters. The molecule has 0 radical (unpaired) electrons. The Morgan fingerprint density at radius 3 is 2.34 bits per heavy atom. The summed E-state index contributed by atoms with van der Waals surface area (Å²) in [7, 11) is 4.60. The van der Waals surface area contributed by atoms with Crippen LogP contribution in [0.4, 0.5) is 11.4 Å². The van der Waals surface area contributed by atoms with Gasteiger partial charge < -0.3 is 24.4 Å². The van der Waals surface area contributed by atoms with Crippen molar-refractivity contribution in [3.63, 3.8) is 0 Å². The van der Waals surface area contributed by atoms with Crippen molar-refractivity contribution in [2.24, 2.45) is 0 Å². The minimum atomic E-state index is -0.183. The fraction of sp³-hybridized carbons (Fsp3) is 0.364. The molecule has 1 heterocycles. The monoisotopic (exact) mass is 398 g/mol. The maximum atomic E-state index is 12.6. The van der Waals surface area contributed by atoms with E-state index in [-0.39, 0.29) is 24.3 Å². The van der Waals surface area contributed by atoms with E-state index in [1.54, 1.807) is 17.0 Å². The van der Waals surface area contributed by atoms with Gasteiger partial charge in [0.05, 0.1) is 27.8 Å². The lowest BCUT2D eigenvalue weighted by atomic mass is 10.1. The Hall–Kier alpha value is -3.22. The molecule has 1 saturated heterocycles. The van der Waals surface area contributed by atoms with Crippen LogP contribution in [0.15, 0.2) is 36.4 Å². The average molecular weight is 398 g/mol. The van der Waals surface area contributed by atoms with Gasteiger partial charge in [-0.1, -0.05) is 6.07 Å². The fourth-order valence-electron chi connectivity index (χ4n) is 3.59. The van der Waals surface area contributed by atoms with E-state index in [4.69, 9.17) is 14.2 Å². The Morgan fingerprint density at radius 1 is 1.10 bits per heavy atom. The van der Waals surface area contributed by atoms with Crippen molar-refractivity contribution in [1.82, 2.24) is 0 Å². The smallest absolute Gasteiger partial charge is 0.228 e. The molecule has 3 rings (SSSR count). The summed E-state index contributed by atoms with van der Waals surface area (Å²) in [6.07, 6.45) is 1.54. The Balaban J connectivity index is 1.75. The Bertz CT molecular complexity index is 887. The lowest BCUT2D eigenvalue weighted by Gasteiger charge is -2.22. The van der Waals surface area contributed by atoms with Crippen molar-refractivity contribution in [3.05, 3.63) is 42.0 Å². The van der Waals surface area contributed by atoms with Crippen LogP contribution in [0.1, 0.15) is 25.3 Å². The Labute approximate surface area is 170 Å². The van der Waals surface area contributed by atoms with Crippen molar-refractivity contribution in [2.45, 2.75) is 32.2 Å². The molecule has 0 aliphatic carbocycles. The summed E-state index contributed by atoms with van der Waals surface area (Å²) in [6.45, 7) is 2.03. The van der Waals surface area contributed by atoms with Crippen molar-refractivity contribution in [2.75, 3.05) is 31.5 Å². The summed E-state index contributed by atoms with van der Waals surface area (Å²) in [5, 5.41) is 2.90. The lowest BCUT2D eigenvalue weighted by molar-refractivity contribution is -0.117. The van der Waals surface area contributed by atoms with E-state index in [1.165, 1.54) is 21.3 Å². The number of nitrogens with one attached hydrogen (secondary N) is 1. The highest BCUT2D eigenvalue weighted by molar-refractivity contribution is 5.98. The molecule has 154 valence electrons. The Morgan fingerprint density at radius 2 is 1.79 bits per heavy atom. The number of carbonyl (C=O) groups is 2. The van der Waals surface area contributed by atoms with Crippen LogP contribution in [0.3, 0.4) is 0 Å². The first-order valence-electron chi connectivity index (χ1n) is 9.47. The van der Waals surface area contributed by atoms with Gasteiger partial charge in [-0.3, -0.25) is 9.59 Å². The minimum absolute atomic E-state index is 0.110. The predicted octanol–water partition coefficient (Wildman–Crippen LogP) is 3.41. The molecular formula is C22H26N2O5. The fourth-order valence-corrected chi connectivity index (χ4v) is 3.59. The van der Waals surface area contributed by atoms with Crippen LogP contribution < -0.4 is 24.4 Å². The number of rotatable bonds is 7. The maximum Gasteiger partial charge on any atom is 0.228 e. The second-order valence-electron chi connectivity index (χ2n) is 6.96. The largest absolute Gasteiger partial charge is 0.493 e. The Kier molecular flexibility index (Phi) is 6.26. The molecule has 2 aromatic rings. The van der Waals surface area contributed by atoms with Gasteiger partial charge in [0.15, 0.2) is 11.5 Å². The van der Waals surface area contributed by atoms with Crippen molar-refractivity contribution in [1.29, 1.82) is 0 Å². The standard InChI is InChI=1S/C22H26N2O5/c1-14-8-9-21(26)24(14)17-7-5-6-16(13-17)23-20(25)12-15-10-18(27-2)22(29-4)19(11-15)28-3/h5-7,10-11,13-14H,8-9,12H2,1-4H3,(H,23,25). The van der Waals surface area contributed by atoms with Gasteiger partial charge in [-0.2, -0.15) is 0 Å². The molecule has 29 heavy (non-hydrogen) atoms. The van der Waals surface area contributed by atoms with E-state index in [0.29, 0.717) is 29.4 Å². The number of benzene rings is 2. The summed E-state index contributed by atoms with van der Waals surface area (Å²) in [4.78, 5) is 26.5. The van der Waals surface area contributed by atoms with Crippen LogP contribution in [0.5, 0.6) is 17.2 Å².